The zero-order valence-electron chi connectivity index (χ0n) is 28.5. The molecule has 0 bridgehead atoms. The molecule has 253 valence electrons. The first-order valence-electron chi connectivity index (χ1n) is 16.7. The maximum absolute atomic E-state index is 14.1. The topological polar surface area (TPSA) is 0 Å². The number of hydrogen-bond donors (Lipinski definition) is 0. The van der Waals surface area contributed by atoms with Gasteiger partial charge in [0.1, 0.15) is 0 Å². The molecule has 2 aliphatic rings. The largest absolute Gasteiger partial charge is 0.416 e. The van der Waals surface area contributed by atoms with Gasteiger partial charge in [0, 0.05) is 5.92 Å². The van der Waals surface area contributed by atoms with Gasteiger partial charge in [-0.1, -0.05) is 101 Å². The van der Waals surface area contributed by atoms with Crippen LogP contribution in [0.2, 0.25) is 0 Å². The Morgan fingerprint density at radius 1 is 0.755 bits per heavy atom. The molecule has 0 saturated carbocycles. The van der Waals surface area contributed by atoms with Crippen molar-refractivity contribution >= 4 is 17.2 Å². The zero-order valence-corrected chi connectivity index (χ0v) is 28.5. The molecule has 0 heterocycles. The van der Waals surface area contributed by atoms with Crippen molar-refractivity contribution in [3.63, 3.8) is 0 Å². The van der Waals surface area contributed by atoms with Crippen molar-refractivity contribution in [1.29, 1.82) is 0 Å². The minimum absolute atomic E-state index is 0.102. The minimum Gasteiger partial charge on any atom is -0.166 e. The average molecular weight is 670 g/mol. The highest BCUT2D eigenvalue weighted by atomic mass is 19.4. The van der Waals surface area contributed by atoms with Gasteiger partial charge in [-0.3, -0.25) is 0 Å². The van der Waals surface area contributed by atoms with Crippen LogP contribution in [0.3, 0.4) is 0 Å². The van der Waals surface area contributed by atoms with E-state index in [2.05, 4.69) is 52.0 Å². The first-order valence-corrected chi connectivity index (χ1v) is 16.7. The number of hydrogen-bond acceptors (Lipinski definition) is 0. The van der Waals surface area contributed by atoms with Crippen LogP contribution < -0.4 is 10.4 Å². The maximum atomic E-state index is 14.1. The predicted molar refractivity (Wildman–Crippen MR) is 186 cm³/mol. The van der Waals surface area contributed by atoms with Crippen LogP contribution in [0.15, 0.2) is 90.5 Å². The van der Waals surface area contributed by atoms with Gasteiger partial charge >= 0.3 is 12.4 Å². The smallest absolute Gasteiger partial charge is 0.166 e. The molecular weight excluding hydrogens is 630 g/mol. The van der Waals surface area contributed by atoms with Crippen molar-refractivity contribution in [1.82, 2.24) is 0 Å². The highest BCUT2D eigenvalue weighted by Gasteiger charge is 2.34. The fourth-order valence-corrected chi connectivity index (χ4v) is 7.07. The quantitative estimate of drug-likeness (QED) is 0.158. The lowest BCUT2D eigenvalue weighted by Gasteiger charge is -2.20. The summed E-state index contributed by atoms with van der Waals surface area (Å²) in [5.74, 6) is 0.102. The molecule has 1 radical (unpaired) electrons. The molecule has 0 spiro atoms. The summed E-state index contributed by atoms with van der Waals surface area (Å²) in [4.78, 5) is 0. The molecule has 0 aromatic heterocycles. The Kier molecular flexibility index (Phi) is 8.83. The Balaban J connectivity index is 1.78. The third kappa shape index (κ3) is 6.67. The molecule has 0 amide bonds. The van der Waals surface area contributed by atoms with Gasteiger partial charge in [0.15, 0.2) is 0 Å². The average Bonchev–Trinajstić information content (AvgIpc) is 3.61. The van der Waals surface area contributed by atoms with E-state index in [-0.39, 0.29) is 22.5 Å². The Morgan fingerprint density at radius 2 is 1.37 bits per heavy atom. The number of benzene rings is 4. The number of halogens is 6. The summed E-state index contributed by atoms with van der Waals surface area (Å²) in [5.41, 5.74) is 6.65. The molecule has 1 atom stereocenters. The van der Waals surface area contributed by atoms with E-state index in [9.17, 15) is 26.3 Å². The van der Waals surface area contributed by atoms with Gasteiger partial charge < -0.3 is 0 Å². The second-order valence-electron chi connectivity index (χ2n) is 14.3. The third-order valence-electron chi connectivity index (χ3n) is 9.65. The van der Waals surface area contributed by atoms with Crippen LogP contribution in [0.25, 0.3) is 28.3 Å². The van der Waals surface area contributed by atoms with Gasteiger partial charge in [-0.15, -0.1) is 0 Å². The number of fused-ring (bicyclic) bond motifs is 3. The van der Waals surface area contributed by atoms with Crippen molar-refractivity contribution in [2.45, 2.75) is 73.2 Å². The summed E-state index contributed by atoms with van der Waals surface area (Å²) >= 11 is 0. The standard InChI is InChI=1S/C43H39F6/c1-7-8-11-27-19-33(41(4,5)6)23-36(27)39-26(3)35(24-37-34-17-16-25(2)18-30(34)22-38(37)39)40(28-12-9-14-31(20-28)42(44,45)46)29-13-10-15-32(21-29)43(47,48)49/h9-10,12-21,23-24,27H,7-8,11H2,1-6H3. The summed E-state index contributed by atoms with van der Waals surface area (Å²) in [7, 11) is 0. The van der Waals surface area contributed by atoms with Crippen LogP contribution >= 0.6 is 0 Å². The lowest BCUT2D eigenvalue weighted by Crippen LogP contribution is -2.24. The van der Waals surface area contributed by atoms with Gasteiger partial charge in [0.05, 0.1) is 11.1 Å². The molecule has 4 aromatic carbocycles. The van der Waals surface area contributed by atoms with Gasteiger partial charge in [0.2, 0.25) is 0 Å². The number of aryl methyl sites for hydroxylation is 1. The van der Waals surface area contributed by atoms with Crippen LogP contribution in [0.5, 0.6) is 0 Å². The molecule has 0 nitrogen and oxygen atoms in total. The minimum atomic E-state index is -4.63. The Morgan fingerprint density at radius 3 is 1.92 bits per heavy atom. The molecule has 0 aliphatic heterocycles. The number of rotatable bonds is 6. The van der Waals surface area contributed by atoms with Crippen molar-refractivity contribution < 1.29 is 26.3 Å². The highest BCUT2D eigenvalue weighted by Crippen LogP contribution is 2.43. The van der Waals surface area contributed by atoms with E-state index in [1.807, 2.05) is 32.0 Å². The summed E-state index contributed by atoms with van der Waals surface area (Å²) < 4.78 is 84.5. The zero-order chi connectivity index (χ0) is 35.5. The second kappa shape index (κ2) is 12.5. The monoisotopic (exact) mass is 669 g/mol. The molecule has 1 unspecified atom stereocenters. The van der Waals surface area contributed by atoms with Gasteiger partial charge in [-0.2, -0.15) is 26.3 Å². The van der Waals surface area contributed by atoms with Crippen LogP contribution in [0.1, 0.15) is 91.5 Å². The van der Waals surface area contributed by atoms with Crippen molar-refractivity contribution in [2.75, 3.05) is 0 Å². The fourth-order valence-electron chi connectivity index (χ4n) is 7.07. The molecule has 6 rings (SSSR count). The Hall–Kier alpha value is -4.32. The van der Waals surface area contributed by atoms with E-state index in [1.165, 1.54) is 17.7 Å². The first-order chi connectivity index (χ1) is 23.0. The van der Waals surface area contributed by atoms with Gasteiger partial charge in [-0.05, 0) is 128 Å². The lowest BCUT2D eigenvalue weighted by atomic mass is 9.83. The van der Waals surface area contributed by atoms with E-state index in [4.69, 9.17) is 0 Å². The van der Waals surface area contributed by atoms with Crippen LogP contribution in [-0.2, 0) is 12.4 Å². The molecule has 4 aromatic rings. The van der Waals surface area contributed by atoms with Gasteiger partial charge in [-0.25, -0.2) is 0 Å². The maximum Gasteiger partial charge on any atom is 0.416 e. The first kappa shape index (κ1) is 34.5. The molecule has 0 N–H and O–H groups in total. The van der Waals surface area contributed by atoms with E-state index in [0.717, 1.165) is 87.7 Å². The SMILES string of the molecule is CCCCC1C=C(C(C)(C)C)C=C1c1c(C)c(=C(c2cccc(C(F)(F)F)c2)c2cccc(C(F)(F)F)c2)cc2c1=[C]c1cc(C)ccc1-2. The molecule has 2 aliphatic carbocycles. The molecule has 49 heavy (non-hydrogen) atoms. The van der Waals surface area contributed by atoms with E-state index in [0.29, 0.717) is 10.8 Å². The van der Waals surface area contributed by atoms with E-state index < -0.39 is 23.5 Å². The van der Waals surface area contributed by atoms with Crippen molar-refractivity contribution in [3.8, 4) is 11.1 Å². The number of unbranched alkanes of at least 4 members (excludes halogenated alkanes) is 1. The Bertz CT molecular complexity index is 2070. The fraction of sp³-hybridized carbons (Fsp3) is 0.302. The number of alkyl halides is 6. The summed E-state index contributed by atoms with van der Waals surface area (Å²) in [6.07, 6.45) is 1.93. The third-order valence-corrected chi connectivity index (χ3v) is 9.65. The van der Waals surface area contributed by atoms with E-state index >= 15 is 0 Å². The molecular formula is C43H39F6. The summed E-state index contributed by atoms with van der Waals surface area (Å²) in [6, 6.07) is 17.8. The Labute approximate surface area is 284 Å². The highest BCUT2D eigenvalue weighted by molar-refractivity contribution is 5.91. The molecule has 0 fully saturated rings. The lowest BCUT2D eigenvalue weighted by molar-refractivity contribution is -0.138. The predicted octanol–water partition coefficient (Wildman–Crippen LogP) is 11.5. The normalized spacial score (nSPS) is 15.8. The number of allylic oxidation sites excluding steroid dienone is 4. The molecule has 0 saturated heterocycles. The van der Waals surface area contributed by atoms with Crippen LogP contribution in [-0.4, -0.2) is 0 Å². The summed E-state index contributed by atoms with van der Waals surface area (Å²) in [6.45, 7) is 12.6. The van der Waals surface area contributed by atoms with Crippen LogP contribution in [0, 0.1) is 25.2 Å². The van der Waals surface area contributed by atoms with Crippen molar-refractivity contribution in [3.05, 3.63) is 145 Å². The van der Waals surface area contributed by atoms with Gasteiger partial charge in [0.25, 0.3) is 0 Å². The van der Waals surface area contributed by atoms with Crippen LogP contribution in [0.4, 0.5) is 26.3 Å². The van der Waals surface area contributed by atoms with Crippen molar-refractivity contribution in [2.24, 2.45) is 11.3 Å². The summed E-state index contributed by atoms with van der Waals surface area (Å²) in [5, 5.41) is 1.49. The second-order valence-corrected chi connectivity index (χ2v) is 14.3. The van der Waals surface area contributed by atoms with E-state index in [1.54, 1.807) is 12.1 Å². The molecule has 6 heteroatoms.